The van der Waals surface area contributed by atoms with Crippen LogP contribution in [0, 0.1) is 0 Å². The molecule has 8 heteroatoms. The SMILES string of the molecule is CNC(=O)Nc1cccc(NC(=O)C2CNCCO2)c1.Cl. The van der Waals surface area contributed by atoms with E-state index in [0.717, 1.165) is 6.54 Å². The summed E-state index contributed by atoms with van der Waals surface area (Å²) in [6.45, 7) is 1.79. The quantitative estimate of drug-likeness (QED) is 0.664. The Labute approximate surface area is 129 Å². The minimum absolute atomic E-state index is 0. The number of hydrogen-bond acceptors (Lipinski definition) is 4. The van der Waals surface area contributed by atoms with Crippen molar-refractivity contribution in [2.24, 2.45) is 0 Å². The van der Waals surface area contributed by atoms with Crippen molar-refractivity contribution < 1.29 is 14.3 Å². The van der Waals surface area contributed by atoms with Crippen LogP contribution >= 0.6 is 12.4 Å². The van der Waals surface area contributed by atoms with Gasteiger partial charge < -0.3 is 26.0 Å². The number of rotatable bonds is 3. The second kappa shape index (κ2) is 8.46. The summed E-state index contributed by atoms with van der Waals surface area (Å²) in [6.07, 6.45) is -0.487. The zero-order chi connectivity index (χ0) is 14.4. The van der Waals surface area contributed by atoms with Crippen molar-refractivity contribution in [1.29, 1.82) is 0 Å². The lowest BCUT2D eigenvalue weighted by Crippen LogP contribution is -2.45. The minimum Gasteiger partial charge on any atom is -0.366 e. The highest BCUT2D eigenvalue weighted by molar-refractivity contribution is 5.95. The molecule has 1 fully saturated rings. The average Bonchev–Trinajstić information content (AvgIpc) is 2.48. The first-order valence-electron chi connectivity index (χ1n) is 6.41. The number of anilines is 2. The Morgan fingerprint density at radius 2 is 2.00 bits per heavy atom. The van der Waals surface area contributed by atoms with Gasteiger partial charge in [-0.25, -0.2) is 4.79 Å². The van der Waals surface area contributed by atoms with Gasteiger partial charge in [0.1, 0.15) is 6.10 Å². The number of halogens is 1. The first kappa shape index (κ1) is 17.2. The van der Waals surface area contributed by atoms with E-state index >= 15 is 0 Å². The standard InChI is InChI=1S/C13H18N4O3.ClH/c1-14-13(19)17-10-4-2-3-9(7-10)16-12(18)11-8-15-5-6-20-11;/h2-4,7,11,15H,5-6,8H2,1H3,(H,16,18)(H2,14,17,19);1H. The van der Waals surface area contributed by atoms with E-state index in [1.165, 1.54) is 7.05 Å². The first-order chi connectivity index (χ1) is 9.69. The van der Waals surface area contributed by atoms with E-state index in [0.29, 0.717) is 24.5 Å². The number of carbonyl (C=O) groups excluding carboxylic acids is 2. The molecule has 21 heavy (non-hydrogen) atoms. The predicted octanol–water partition coefficient (Wildman–Crippen LogP) is 0.787. The maximum atomic E-state index is 12.0. The smallest absolute Gasteiger partial charge is 0.318 e. The summed E-state index contributed by atoms with van der Waals surface area (Å²) in [5, 5.41) is 11.0. The molecule has 1 aromatic rings. The van der Waals surface area contributed by atoms with Gasteiger partial charge in [-0.3, -0.25) is 4.79 Å². The Kier molecular flexibility index (Phi) is 6.93. The molecule has 3 amide bonds. The molecule has 1 unspecified atom stereocenters. The molecule has 0 aliphatic carbocycles. The Bertz CT molecular complexity index is 492. The lowest BCUT2D eigenvalue weighted by molar-refractivity contribution is -0.128. The molecule has 0 radical (unpaired) electrons. The Hall–Kier alpha value is -1.83. The van der Waals surface area contributed by atoms with E-state index in [-0.39, 0.29) is 24.3 Å². The predicted molar refractivity (Wildman–Crippen MR) is 83.0 cm³/mol. The van der Waals surface area contributed by atoms with Gasteiger partial charge in [0, 0.05) is 31.5 Å². The number of benzene rings is 1. The van der Waals surface area contributed by atoms with Crippen LogP contribution in [0.5, 0.6) is 0 Å². The van der Waals surface area contributed by atoms with Crippen LogP contribution in [-0.2, 0) is 9.53 Å². The average molecular weight is 315 g/mol. The van der Waals surface area contributed by atoms with Crippen LogP contribution in [0.25, 0.3) is 0 Å². The van der Waals surface area contributed by atoms with Gasteiger partial charge in [-0.05, 0) is 18.2 Å². The van der Waals surface area contributed by atoms with Crippen LogP contribution < -0.4 is 21.3 Å². The second-order valence-electron chi connectivity index (χ2n) is 4.34. The fourth-order valence-corrected chi connectivity index (χ4v) is 1.82. The molecule has 1 atom stereocenters. The third-order valence-electron chi connectivity index (χ3n) is 2.84. The number of urea groups is 1. The zero-order valence-corrected chi connectivity index (χ0v) is 12.5. The van der Waals surface area contributed by atoms with Crippen LogP contribution in [0.15, 0.2) is 24.3 Å². The number of amides is 3. The van der Waals surface area contributed by atoms with Gasteiger partial charge in [0.15, 0.2) is 0 Å². The number of hydrogen-bond donors (Lipinski definition) is 4. The van der Waals surface area contributed by atoms with Crippen LogP contribution in [0.1, 0.15) is 0 Å². The van der Waals surface area contributed by atoms with Gasteiger partial charge in [0.05, 0.1) is 6.61 Å². The lowest BCUT2D eigenvalue weighted by atomic mass is 10.2. The van der Waals surface area contributed by atoms with Gasteiger partial charge >= 0.3 is 6.03 Å². The number of carbonyl (C=O) groups is 2. The first-order valence-corrected chi connectivity index (χ1v) is 6.41. The summed E-state index contributed by atoms with van der Waals surface area (Å²) in [7, 11) is 1.54. The molecule has 4 N–H and O–H groups in total. The van der Waals surface area contributed by atoms with Crippen LogP contribution in [-0.4, -0.2) is 44.8 Å². The summed E-state index contributed by atoms with van der Waals surface area (Å²) in [6, 6.07) is 6.62. The summed E-state index contributed by atoms with van der Waals surface area (Å²) in [5.74, 6) is -0.200. The molecule has 0 bridgehead atoms. The highest BCUT2D eigenvalue weighted by Gasteiger charge is 2.21. The summed E-state index contributed by atoms with van der Waals surface area (Å²) < 4.78 is 5.37. The molecular weight excluding hydrogens is 296 g/mol. The number of ether oxygens (including phenoxy) is 1. The minimum atomic E-state index is -0.487. The normalized spacial score (nSPS) is 17.3. The van der Waals surface area contributed by atoms with Crippen molar-refractivity contribution in [3.8, 4) is 0 Å². The zero-order valence-electron chi connectivity index (χ0n) is 11.6. The molecule has 0 spiro atoms. The largest absolute Gasteiger partial charge is 0.366 e. The molecule has 1 aliphatic rings. The van der Waals surface area contributed by atoms with E-state index in [1.807, 2.05) is 0 Å². The molecule has 0 saturated carbocycles. The van der Waals surface area contributed by atoms with E-state index in [4.69, 9.17) is 4.74 Å². The maximum absolute atomic E-state index is 12.0. The summed E-state index contributed by atoms with van der Waals surface area (Å²) >= 11 is 0. The molecule has 116 valence electrons. The van der Waals surface area contributed by atoms with E-state index in [2.05, 4.69) is 21.3 Å². The fraction of sp³-hybridized carbons (Fsp3) is 0.385. The monoisotopic (exact) mass is 314 g/mol. The van der Waals surface area contributed by atoms with E-state index in [1.54, 1.807) is 24.3 Å². The summed E-state index contributed by atoms with van der Waals surface area (Å²) in [4.78, 5) is 23.2. The number of morpholine rings is 1. The van der Waals surface area contributed by atoms with Gasteiger partial charge in [0.25, 0.3) is 5.91 Å². The van der Waals surface area contributed by atoms with E-state index < -0.39 is 6.10 Å². The molecule has 1 heterocycles. The highest BCUT2D eigenvalue weighted by Crippen LogP contribution is 2.15. The lowest BCUT2D eigenvalue weighted by Gasteiger charge is -2.22. The van der Waals surface area contributed by atoms with Crippen LogP contribution in [0.4, 0.5) is 16.2 Å². The van der Waals surface area contributed by atoms with Crippen molar-refractivity contribution in [1.82, 2.24) is 10.6 Å². The molecule has 2 rings (SSSR count). The Morgan fingerprint density at radius 3 is 2.62 bits per heavy atom. The maximum Gasteiger partial charge on any atom is 0.318 e. The molecule has 7 nitrogen and oxygen atoms in total. The van der Waals surface area contributed by atoms with Crippen molar-refractivity contribution >= 4 is 35.7 Å². The van der Waals surface area contributed by atoms with Gasteiger partial charge in [-0.2, -0.15) is 0 Å². The Balaban J connectivity index is 0.00000220. The third kappa shape index (κ3) is 5.22. The number of nitrogens with one attached hydrogen (secondary N) is 4. The van der Waals surface area contributed by atoms with Gasteiger partial charge in [0.2, 0.25) is 0 Å². The molecule has 0 aromatic heterocycles. The highest BCUT2D eigenvalue weighted by atomic mass is 35.5. The Morgan fingerprint density at radius 1 is 1.29 bits per heavy atom. The molecular formula is C13H19ClN4O3. The topological polar surface area (TPSA) is 91.5 Å². The molecule has 1 aliphatic heterocycles. The fourth-order valence-electron chi connectivity index (χ4n) is 1.82. The van der Waals surface area contributed by atoms with Crippen LogP contribution in [0.3, 0.4) is 0 Å². The van der Waals surface area contributed by atoms with Crippen LogP contribution in [0.2, 0.25) is 0 Å². The molecule has 1 saturated heterocycles. The van der Waals surface area contributed by atoms with Crippen molar-refractivity contribution in [3.05, 3.63) is 24.3 Å². The van der Waals surface area contributed by atoms with Crippen molar-refractivity contribution in [2.75, 3.05) is 37.4 Å². The third-order valence-corrected chi connectivity index (χ3v) is 2.84. The second-order valence-corrected chi connectivity index (χ2v) is 4.34. The summed E-state index contributed by atoms with van der Waals surface area (Å²) in [5.41, 5.74) is 1.21. The molecule has 1 aromatic carbocycles. The van der Waals surface area contributed by atoms with Gasteiger partial charge in [-0.1, -0.05) is 6.07 Å². The van der Waals surface area contributed by atoms with Crippen molar-refractivity contribution in [3.63, 3.8) is 0 Å². The van der Waals surface area contributed by atoms with Gasteiger partial charge in [-0.15, -0.1) is 12.4 Å². The van der Waals surface area contributed by atoms with Crippen molar-refractivity contribution in [2.45, 2.75) is 6.10 Å². The van der Waals surface area contributed by atoms with E-state index in [9.17, 15) is 9.59 Å².